The second-order valence-electron chi connectivity index (χ2n) is 3.17. The summed E-state index contributed by atoms with van der Waals surface area (Å²) in [5, 5.41) is 0. The zero-order valence-corrected chi connectivity index (χ0v) is 7.49. The highest BCUT2D eigenvalue weighted by molar-refractivity contribution is 5.65. The number of benzene rings is 1. The molecule has 0 radical (unpaired) electrons. The summed E-state index contributed by atoms with van der Waals surface area (Å²) >= 11 is 0. The number of rotatable bonds is 0. The molecule has 1 N–H and O–H groups in total. The molecule has 2 heterocycles. The first-order chi connectivity index (χ1) is 6.93. The van der Waals surface area contributed by atoms with E-state index in [0.717, 1.165) is 22.8 Å². The number of hydrogen-bond acceptors (Lipinski definition) is 3. The maximum absolute atomic E-state index is 5.66. The van der Waals surface area contributed by atoms with Crippen LogP contribution in [0.1, 0.15) is 5.56 Å². The Morgan fingerprint density at radius 2 is 2.07 bits per heavy atom. The normalized spacial score (nSPS) is 18.0. The van der Waals surface area contributed by atoms with E-state index in [2.05, 4.69) is 5.48 Å². The van der Waals surface area contributed by atoms with Crippen LogP contribution in [0.4, 0.5) is 0 Å². The van der Waals surface area contributed by atoms with Gasteiger partial charge in [0.15, 0.2) is 11.5 Å². The molecule has 0 amide bonds. The Bertz CT molecular complexity index is 435. The minimum atomic E-state index is 0.675. The molecule has 2 aliphatic rings. The summed E-state index contributed by atoms with van der Waals surface area (Å²) in [6, 6.07) is 7.88. The van der Waals surface area contributed by atoms with E-state index in [-0.39, 0.29) is 0 Å². The third kappa shape index (κ3) is 1.10. The highest BCUT2D eigenvalue weighted by atomic mass is 16.7. The Kier molecular flexibility index (Phi) is 1.58. The topological polar surface area (TPSA) is 30.5 Å². The molecule has 3 rings (SSSR count). The van der Waals surface area contributed by atoms with Gasteiger partial charge in [-0.1, -0.05) is 18.2 Å². The summed E-state index contributed by atoms with van der Waals surface area (Å²) in [7, 11) is 0. The summed E-state index contributed by atoms with van der Waals surface area (Å²) < 4.78 is 5.66. The van der Waals surface area contributed by atoms with Crippen LogP contribution in [0.3, 0.4) is 0 Å². The van der Waals surface area contributed by atoms with Crippen LogP contribution in [0.15, 0.2) is 41.9 Å². The van der Waals surface area contributed by atoms with Gasteiger partial charge in [0.25, 0.3) is 0 Å². The highest BCUT2D eigenvalue weighted by Gasteiger charge is 2.20. The maximum atomic E-state index is 5.66. The van der Waals surface area contributed by atoms with Gasteiger partial charge in [0.1, 0.15) is 5.75 Å². The molecule has 0 bridgehead atoms. The first-order valence-electron chi connectivity index (χ1n) is 4.52. The van der Waals surface area contributed by atoms with Gasteiger partial charge in [0.05, 0.1) is 6.54 Å². The predicted octanol–water partition coefficient (Wildman–Crippen LogP) is 1.84. The zero-order chi connectivity index (χ0) is 9.38. The Morgan fingerprint density at radius 1 is 1.14 bits per heavy atom. The number of nitrogens with one attached hydrogen (secondary N) is 1. The number of para-hydroxylation sites is 1. The van der Waals surface area contributed by atoms with Gasteiger partial charge in [0.2, 0.25) is 0 Å². The Balaban J connectivity index is 2.13. The average molecular weight is 187 g/mol. The van der Waals surface area contributed by atoms with Crippen LogP contribution >= 0.6 is 0 Å². The van der Waals surface area contributed by atoms with Gasteiger partial charge >= 0.3 is 0 Å². The largest absolute Gasteiger partial charge is 0.453 e. The van der Waals surface area contributed by atoms with Gasteiger partial charge in [-0.2, -0.15) is 5.48 Å². The van der Waals surface area contributed by atoms with E-state index in [1.807, 2.05) is 36.4 Å². The van der Waals surface area contributed by atoms with E-state index in [9.17, 15) is 0 Å². The van der Waals surface area contributed by atoms with E-state index in [1.165, 1.54) is 0 Å². The summed E-state index contributed by atoms with van der Waals surface area (Å²) in [5.74, 6) is 2.42. The fourth-order valence-corrected chi connectivity index (χ4v) is 1.55. The molecule has 0 saturated carbocycles. The van der Waals surface area contributed by atoms with Crippen molar-refractivity contribution < 1.29 is 9.57 Å². The maximum Gasteiger partial charge on any atom is 0.190 e. The molecular formula is C11H9NO2. The lowest BCUT2D eigenvalue weighted by molar-refractivity contribution is 0.0972. The molecule has 3 heteroatoms. The standard InChI is InChI=1S/C11H9NO2/c1-2-4-9-8(3-1)7-11-10(13-9)5-6-12-14-11/h1-5,7,12H,6H2. The van der Waals surface area contributed by atoms with Crippen LogP contribution in [0.2, 0.25) is 0 Å². The Hall–Kier alpha value is -1.74. The van der Waals surface area contributed by atoms with Crippen molar-refractivity contribution >= 4 is 6.08 Å². The molecule has 70 valence electrons. The first kappa shape index (κ1) is 7.64. The smallest absolute Gasteiger partial charge is 0.190 e. The average Bonchev–Trinajstić information content (AvgIpc) is 2.26. The molecule has 1 aromatic rings. The second-order valence-corrected chi connectivity index (χ2v) is 3.17. The van der Waals surface area contributed by atoms with Gasteiger partial charge in [-0.15, -0.1) is 0 Å². The predicted molar refractivity (Wildman–Crippen MR) is 52.2 cm³/mol. The molecule has 0 atom stereocenters. The van der Waals surface area contributed by atoms with Crippen LogP contribution in [-0.2, 0) is 4.84 Å². The van der Waals surface area contributed by atoms with Gasteiger partial charge < -0.3 is 9.57 Å². The van der Waals surface area contributed by atoms with Crippen molar-refractivity contribution in [1.29, 1.82) is 0 Å². The van der Waals surface area contributed by atoms with Gasteiger partial charge in [-0.25, -0.2) is 0 Å². The van der Waals surface area contributed by atoms with E-state index in [4.69, 9.17) is 9.57 Å². The molecule has 0 saturated heterocycles. The molecule has 0 aliphatic carbocycles. The van der Waals surface area contributed by atoms with Crippen molar-refractivity contribution in [3.63, 3.8) is 0 Å². The van der Waals surface area contributed by atoms with Crippen molar-refractivity contribution in [2.75, 3.05) is 6.54 Å². The van der Waals surface area contributed by atoms with Crippen molar-refractivity contribution in [3.8, 4) is 5.75 Å². The molecule has 0 aromatic heterocycles. The number of ether oxygens (including phenoxy) is 1. The molecule has 1 aromatic carbocycles. The van der Waals surface area contributed by atoms with E-state index >= 15 is 0 Å². The molecule has 14 heavy (non-hydrogen) atoms. The number of fused-ring (bicyclic) bond motifs is 2. The van der Waals surface area contributed by atoms with Crippen molar-refractivity contribution in [3.05, 3.63) is 47.4 Å². The van der Waals surface area contributed by atoms with Gasteiger partial charge in [-0.3, -0.25) is 0 Å². The van der Waals surface area contributed by atoms with Crippen molar-refractivity contribution in [2.24, 2.45) is 0 Å². The fraction of sp³-hybridized carbons (Fsp3) is 0.0909. The van der Waals surface area contributed by atoms with Crippen LogP contribution in [0.5, 0.6) is 5.75 Å². The highest BCUT2D eigenvalue weighted by Crippen LogP contribution is 2.32. The summed E-state index contributed by atoms with van der Waals surface area (Å²) in [5.41, 5.74) is 3.83. The summed E-state index contributed by atoms with van der Waals surface area (Å²) in [6.07, 6.45) is 3.93. The minimum absolute atomic E-state index is 0.675. The second kappa shape index (κ2) is 2.89. The fourth-order valence-electron chi connectivity index (χ4n) is 1.55. The summed E-state index contributed by atoms with van der Waals surface area (Å²) in [6.45, 7) is 0.675. The molecule has 0 fully saturated rings. The van der Waals surface area contributed by atoms with E-state index in [0.29, 0.717) is 6.54 Å². The lowest BCUT2D eigenvalue weighted by Crippen LogP contribution is -2.23. The van der Waals surface area contributed by atoms with Gasteiger partial charge in [-0.05, 0) is 18.2 Å². The lowest BCUT2D eigenvalue weighted by Gasteiger charge is -2.23. The Labute approximate surface area is 81.6 Å². The molecular weight excluding hydrogens is 178 g/mol. The minimum Gasteiger partial charge on any atom is -0.453 e. The van der Waals surface area contributed by atoms with Crippen LogP contribution in [0, 0.1) is 0 Å². The van der Waals surface area contributed by atoms with Gasteiger partial charge in [0, 0.05) is 5.56 Å². The lowest BCUT2D eigenvalue weighted by atomic mass is 10.1. The molecule has 3 nitrogen and oxygen atoms in total. The Morgan fingerprint density at radius 3 is 3.07 bits per heavy atom. The van der Waals surface area contributed by atoms with Crippen molar-refractivity contribution in [1.82, 2.24) is 5.48 Å². The SMILES string of the molecule is C1=C2ONCC=C2Oc2ccccc21. The van der Waals surface area contributed by atoms with E-state index in [1.54, 1.807) is 0 Å². The summed E-state index contributed by atoms with van der Waals surface area (Å²) in [4.78, 5) is 5.26. The molecule has 0 unspecified atom stereocenters. The quantitative estimate of drug-likeness (QED) is 0.672. The van der Waals surface area contributed by atoms with Crippen molar-refractivity contribution in [2.45, 2.75) is 0 Å². The third-order valence-corrected chi connectivity index (χ3v) is 2.22. The van der Waals surface area contributed by atoms with Crippen LogP contribution in [-0.4, -0.2) is 6.54 Å². The number of hydrogen-bond donors (Lipinski definition) is 1. The number of hydroxylamine groups is 1. The molecule has 0 spiro atoms. The van der Waals surface area contributed by atoms with Crippen LogP contribution < -0.4 is 10.2 Å². The monoisotopic (exact) mass is 187 g/mol. The first-order valence-corrected chi connectivity index (χ1v) is 4.52. The van der Waals surface area contributed by atoms with Crippen LogP contribution in [0.25, 0.3) is 6.08 Å². The zero-order valence-electron chi connectivity index (χ0n) is 7.49. The molecule has 2 aliphatic heterocycles. The van der Waals surface area contributed by atoms with E-state index < -0.39 is 0 Å². The third-order valence-electron chi connectivity index (χ3n) is 2.22.